The second kappa shape index (κ2) is 11.0. The topological polar surface area (TPSA) is 172 Å². The Morgan fingerprint density at radius 2 is 1.95 bits per heavy atom. The molecule has 4 N–H and O–H groups in total. The molecule has 0 aliphatic heterocycles. The van der Waals surface area contributed by atoms with Gasteiger partial charge in [-0.3, -0.25) is 9.78 Å². The van der Waals surface area contributed by atoms with Gasteiger partial charge in [0.15, 0.2) is 17.2 Å². The molecule has 0 bridgehead atoms. The van der Waals surface area contributed by atoms with E-state index < -0.39 is 27.8 Å². The number of anilines is 1. The van der Waals surface area contributed by atoms with E-state index in [0.29, 0.717) is 17.8 Å². The Morgan fingerprint density at radius 1 is 1.12 bits per heavy atom. The summed E-state index contributed by atoms with van der Waals surface area (Å²) in [6, 6.07) is 6.26. The van der Waals surface area contributed by atoms with E-state index in [-0.39, 0.29) is 41.0 Å². The van der Waals surface area contributed by atoms with Gasteiger partial charge >= 0.3 is 0 Å². The van der Waals surface area contributed by atoms with Gasteiger partial charge in [-0.05, 0) is 45.0 Å². The van der Waals surface area contributed by atoms with E-state index in [4.69, 9.17) is 10.2 Å². The lowest BCUT2D eigenvalue weighted by Gasteiger charge is -2.23. The Balaban J connectivity index is 1.52. The van der Waals surface area contributed by atoms with Gasteiger partial charge in [0.1, 0.15) is 28.2 Å². The molecule has 12 nitrogen and oxygen atoms in total. The lowest BCUT2D eigenvalue weighted by atomic mass is 10.1. The van der Waals surface area contributed by atoms with Crippen LogP contribution in [0.4, 0.5) is 10.2 Å². The minimum Gasteiger partial charge on any atom is -0.598 e. The second-order valence-corrected chi connectivity index (χ2v) is 11.8. The molecule has 5 aromatic heterocycles. The molecule has 5 heterocycles. The number of nitrogen functional groups attached to an aromatic ring is 1. The predicted octanol–water partition coefficient (Wildman–Crippen LogP) is 3.04. The maximum atomic E-state index is 14.0. The number of hydrogen-bond donors (Lipinski definition) is 3. The summed E-state index contributed by atoms with van der Waals surface area (Å²) in [5.74, 6) is -1.21. The van der Waals surface area contributed by atoms with Gasteiger partial charge in [0.05, 0.1) is 36.9 Å². The average Bonchev–Trinajstić information content (AvgIpc) is 3.60. The van der Waals surface area contributed by atoms with E-state index in [1.807, 2.05) is 25.2 Å². The molecule has 206 valence electrons. The number of imidazole rings is 1. The fraction of sp³-hybridized carbons (Fsp3) is 0.231. The maximum Gasteiger partial charge on any atom is 0.274 e. The summed E-state index contributed by atoms with van der Waals surface area (Å²) in [4.78, 5) is 34.5. The fourth-order valence-corrected chi connectivity index (χ4v) is 4.47. The van der Waals surface area contributed by atoms with Crippen molar-refractivity contribution >= 4 is 28.7 Å². The molecule has 40 heavy (non-hydrogen) atoms. The molecule has 0 radical (unpaired) electrons. The Morgan fingerprint density at radius 3 is 2.67 bits per heavy atom. The quantitative estimate of drug-likeness (QED) is 0.238. The summed E-state index contributed by atoms with van der Waals surface area (Å²) in [5, 5.41) is 2.59. The lowest BCUT2D eigenvalue weighted by Crippen LogP contribution is -2.39. The highest BCUT2D eigenvalue weighted by Gasteiger charge is 2.27. The monoisotopic (exact) mass is 563 g/mol. The third kappa shape index (κ3) is 5.64. The van der Waals surface area contributed by atoms with Gasteiger partial charge in [-0.25, -0.2) is 24.3 Å². The first-order valence-corrected chi connectivity index (χ1v) is 13.3. The minimum atomic E-state index is -1.28. The highest BCUT2D eigenvalue weighted by Crippen LogP contribution is 2.30. The molecule has 0 saturated carbocycles. The summed E-state index contributed by atoms with van der Waals surface area (Å²) in [7, 11) is 0. The molecule has 5 rings (SSSR count). The predicted molar refractivity (Wildman–Crippen MR) is 146 cm³/mol. The SMILES string of the molecule is CC(C)(C)[S@@+]([O-])NCc1cnc2ccc(-c3nc(C(=O)NCc4ncccc4F)c(N)nc3-c3ncco3)cn12. The van der Waals surface area contributed by atoms with E-state index in [1.165, 1.54) is 30.8 Å². The molecule has 0 aromatic carbocycles. The average molecular weight is 564 g/mol. The van der Waals surface area contributed by atoms with Crippen molar-refractivity contribution in [2.45, 2.75) is 38.6 Å². The number of nitrogens with one attached hydrogen (secondary N) is 2. The number of carbonyl (C=O) groups excluding carboxylic acids is 1. The largest absolute Gasteiger partial charge is 0.598 e. The highest BCUT2D eigenvalue weighted by atomic mass is 32.2. The second-order valence-electron chi connectivity index (χ2n) is 9.70. The molecule has 0 aliphatic rings. The summed E-state index contributed by atoms with van der Waals surface area (Å²) >= 11 is -1.28. The number of aromatic nitrogens is 6. The van der Waals surface area contributed by atoms with Crippen molar-refractivity contribution in [3.63, 3.8) is 0 Å². The van der Waals surface area contributed by atoms with Crippen molar-refractivity contribution in [3.8, 4) is 22.8 Å². The normalized spacial score (nSPS) is 12.5. The van der Waals surface area contributed by atoms with Gasteiger partial charge in [-0.2, -0.15) is 0 Å². The number of carbonyl (C=O) groups is 1. The van der Waals surface area contributed by atoms with Crippen molar-refractivity contribution < 1.29 is 18.2 Å². The number of halogens is 1. The Labute approximate surface area is 231 Å². The number of nitrogens with zero attached hydrogens (tertiary/aromatic N) is 6. The molecule has 0 saturated heterocycles. The van der Waals surface area contributed by atoms with E-state index in [2.05, 4.69) is 35.0 Å². The number of hydrogen-bond acceptors (Lipinski definition) is 10. The molecule has 5 aromatic rings. The van der Waals surface area contributed by atoms with Crippen molar-refractivity contribution in [1.29, 1.82) is 0 Å². The Bertz CT molecular complexity index is 1670. The summed E-state index contributed by atoms with van der Waals surface area (Å²) in [5.41, 5.74) is 8.51. The molecule has 0 unspecified atom stereocenters. The molecule has 0 fully saturated rings. The first-order chi connectivity index (χ1) is 19.1. The van der Waals surface area contributed by atoms with Crippen molar-refractivity contribution in [2.24, 2.45) is 0 Å². The minimum absolute atomic E-state index is 0.0677. The molecule has 14 heteroatoms. The number of rotatable bonds is 8. The zero-order valence-corrected chi connectivity index (χ0v) is 22.7. The molecule has 1 amide bonds. The third-order valence-electron chi connectivity index (χ3n) is 5.82. The lowest BCUT2D eigenvalue weighted by molar-refractivity contribution is 0.0946. The van der Waals surface area contributed by atoms with Crippen LogP contribution < -0.4 is 15.8 Å². The van der Waals surface area contributed by atoms with Crippen LogP contribution in [-0.4, -0.2) is 44.5 Å². The number of pyridine rings is 2. The molecule has 0 spiro atoms. The highest BCUT2D eigenvalue weighted by molar-refractivity contribution is 7.90. The zero-order chi connectivity index (χ0) is 28.4. The van der Waals surface area contributed by atoms with Crippen LogP contribution in [0.3, 0.4) is 0 Å². The van der Waals surface area contributed by atoms with Crippen LogP contribution in [0.5, 0.6) is 0 Å². The van der Waals surface area contributed by atoms with E-state index in [9.17, 15) is 13.7 Å². The van der Waals surface area contributed by atoms with E-state index >= 15 is 0 Å². The first kappa shape index (κ1) is 27.2. The Hall–Kier alpha value is -4.40. The number of amides is 1. The van der Waals surface area contributed by atoms with Crippen LogP contribution in [-0.2, 0) is 24.5 Å². The first-order valence-electron chi connectivity index (χ1n) is 12.2. The van der Waals surface area contributed by atoms with Crippen LogP contribution in [0.15, 0.2) is 59.7 Å². The van der Waals surface area contributed by atoms with E-state index in [0.717, 1.165) is 5.69 Å². The van der Waals surface area contributed by atoms with Crippen LogP contribution in [0.2, 0.25) is 0 Å². The van der Waals surface area contributed by atoms with Crippen LogP contribution in [0.25, 0.3) is 28.5 Å². The fourth-order valence-electron chi connectivity index (χ4n) is 3.76. The van der Waals surface area contributed by atoms with Crippen molar-refractivity contribution in [1.82, 2.24) is 39.4 Å². The number of nitrogens with two attached hydrogens (primary N) is 1. The van der Waals surface area contributed by atoms with Gasteiger partial charge in [0, 0.05) is 29.3 Å². The molecule has 1 atom stereocenters. The van der Waals surface area contributed by atoms with Gasteiger partial charge in [0.25, 0.3) is 5.91 Å². The van der Waals surface area contributed by atoms with Gasteiger partial charge in [0.2, 0.25) is 5.89 Å². The Kier molecular flexibility index (Phi) is 7.47. The molecule has 0 aliphatic carbocycles. The van der Waals surface area contributed by atoms with E-state index in [1.54, 1.807) is 24.5 Å². The number of oxazole rings is 1. The maximum absolute atomic E-state index is 14.0. The molecular weight excluding hydrogens is 537 g/mol. The summed E-state index contributed by atoms with van der Waals surface area (Å²) in [6.45, 7) is 5.77. The zero-order valence-electron chi connectivity index (χ0n) is 21.9. The van der Waals surface area contributed by atoms with Crippen LogP contribution in [0.1, 0.15) is 42.6 Å². The summed E-state index contributed by atoms with van der Waals surface area (Å²) in [6.07, 6.45) is 7.73. The van der Waals surface area contributed by atoms with Crippen molar-refractivity contribution in [2.75, 3.05) is 5.73 Å². The van der Waals surface area contributed by atoms with Gasteiger partial charge in [-0.15, -0.1) is 4.72 Å². The molecular formula is C26H26FN9O3S. The summed E-state index contributed by atoms with van der Waals surface area (Å²) < 4.78 is 36.4. The van der Waals surface area contributed by atoms with Crippen LogP contribution in [0, 0.1) is 5.82 Å². The van der Waals surface area contributed by atoms with Gasteiger partial charge < -0.3 is 24.4 Å². The van der Waals surface area contributed by atoms with Crippen molar-refractivity contribution in [3.05, 3.63) is 78.2 Å². The van der Waals surface area contributed by atoms with Gasteiger partial charge in [-0.1, -0.05) is 0 Å². The third-order valence-corrected chi connectivity index (χ3v) is 7.34. The standard InChI is InChI=1S/C26H26FN9O3S/c1-26(2,3)40(38)33-12-16-11-31-19-7-6-15(14-36(16)19)20-21(25-30-9-10-39-25)35-23(28)22(34-20)24(37)32-13-18-17(27)5-4-8-29-18/h4-11,14,33H,12-13H2,1-3H3,(H2,28,35)(H,32,37)/t40-/m1/s1. The smallest absolute Gasteiger partial charge is 0.274 e. The number of fused-ring (bicyclic) bond motifs is 1. The van der Waals surface area contributed by atoms with Crippen LogP contribution >= 0.6 is 0 Å².